The van der Waals surface area contributed by atoms with Gasteiger partial charge in [-0.3, -0.25) is 14.2 Å². The maximum Gasteiger partial charge on any atom is 0.282 e. The van der Waals surface area contributed by atoms with Crippen molar-refractivity contribution in [2.75, 3.05) is 5.75 Å². The topological polar surface area (TPSA) is 120 Å². The molecule has 0 fully saturated rings. The van der Waals surface area contributed by atoms with Crippen LogP contribution in [0.15, 0.2) is 52.8 Å². The zero-order valence-corrected chi connectivity index (χ0v) is 15.1. The number of carbonyl (C=O) groups is 1. The molecule has 9 heteroatoms. The smallest absolute Gasteiger partial charge is 0.282 e. The highest BCUT2D eigenvalue weighted by Crippen LogP contribution is 2.20. The van der Waals surface area contributed by atoms with Crippen molar-refractivity contribution in [3.8, 4) is 0 Å². The summed E-state index contributed by atoms with van der Waals surface area (Å²) in [7, 11) is 0. The van der Waals surface area contributed by atoms with Crippen LogP contribution in [0.1, 0.15) is 5.56 Å². The Bertz CT molecular complexity index is 1200. The molecule has 0 spiro atoms. The van der Waals surface area contributed by atoms with E-state index in [4.69, 9.17) is 5.73 Å². The number of amides is 1. The summed E-state index contributed by atoms with van der Waals surface area (Å²) < 4.78 is 1.53. The van der Waals surface area contributed by atoms with E-state index in [9.17, 15) is 9.59 Å². The first-order valence-electron chi connectivity index (χ1n) is 8.31. The fourth-order valence-corrected chi connectivity index (χ4v) is 3.70. The highest BCUT2D eigenvalue weighted by atomic mass is 32.2. The Balaban J connectivity index is 1.72. The lowest BCUT2D eigenvalue weighted by Gasteiger charge is -2.11. The number of aromatic amines is 1. The van der Waals surface area contributed by atoms with Crippen LogP contribution in [0.25, 0.3) is 22.1 Å². The highest BCUT2D eigenvalue weighted by molar-refractivity contribution is 7.99. The molecule has 136 valence electrons. The molecule has 27 heavy (non-hydrogen) atoms. The number of fused-ring (bicyclic) bond motifs is 2. The summed E-state index contributed by atoms with van der Waals surface area (Å²) in [4.78, 5) is 39.9. The maximum atomic E-state index is 12.9. The van der Waals surface area contributed by atoms with E-state index >= 15 is 0 Å². The van der Waals surface area contributed by atoms with Crippen molar-refractivity contribution in [1.29, 1.82) is 0 Å². The zero-order valence-electron chi connectivity index (χ0n) is 14.3. The van der Waals surface area contributed by atoms with E-state index in [1.807, 2.05) is 30.5 Å². The van der Waals surface area contributed by atoms with Gasteiger partial charge in [-0.25, -0.2) is 15.0 Å². The van der Waals surface area contributed by atoms with E-state index in [-0.39, 0.29) is 22.5 Å². The third-order valence-corrected chi connectivity index (χ3v) is 5.18. The lowest BCUT2D eigenvalue weighted by atomic mass is 10.1. The van der Waals surface area contributed by atoms with Crippen molar-refractivity contribution in [1.82, 2.24) is 24.5 Å². The first kappa shape index (κ1) is 17.2. The van der Waals surface area contributed by atoms with Crippen LogP contribution < -0.4 is 11.3 Å². The summed E-state index contributed by atoms with van der Waals surface area (Å²) in [6.07, 6.45) is 5.51. The fourth-order valence-electron chi connectivity index (χ4n) is 2.94. The normalized spacial score (nSPS) is 11.3. The summed E-state index contributed by atoms with van der Waals surface area (Å²) in [6.45, 7) is 0.404. The molecule has 4 rings (SSSR count). The van der Waals surface area contributed by atoms with Crippen molar-refractivity contribution in [2.45, 2.75) is 18.1 Å². The summed E-state index contributed by atoms with van der Waals surface area (Å²) in [6, 6.07) is 7.99. The highest BCUT2D eigenvalue weighted by Gasteiger charge is 2.15. The van der Waals surface area contributed by atoms with Gasteiger partial charge in [-0.15, -0.1) is 0 Å². The van der Waals surface area contributed by atoms with Crippen molar-refractivity contribution in [2.24, 2.45) is 5.73 Å². The number of primary amides is 1. The van der Waals surface area contributed by atoms with Crippen molar-refractivity contribution in [3.63, 3.8) is 0 Å². The van der Waals surface area contributed by atoms with Crippen LogP contribution in [-0.2, 0) is 17.8 Å². The van der Waals surface area contributed by atoms with Gasteiger partial charge in [-0.05, 0) is 18.1 Å². The van der Waals surface area contributed by atoms with Crippen molar-refractivity contribution < 1.29 is 4.79 Å². The quantitative estimate of drug-likeness (QED) is 0.386. The van der Waals surface area contributed by atoms with Gasteiger partial charge in [0.1, 0.15) is 0 Å². The Labute approximate surface area is 157 Å². The molecule has 0 atom stereocenters. The summed E-state index contributed by atoms with van der Waals surface area (Å²) >= 11 is 1.13. The van der Waals surface area contributed by atoms with Crippen LogP contribution in [0, 0.1) is 0 Å². The molecule has 0 radical (unpaired) electrons. The zero-order chi connectivity index (χ0) is 18.8. The van der Waals surface area contributed by atoms with Crippen LogP contribution in [0.4, 0.5) is 0 Å². The van der Waals surface area contributed by atoms with Crippen molar-refractivity contribution in [3.05, 3.63) is 58.8 Å². The lowest BCUT2D eigenvalue weighted by Crippen LogP contribution is -2.26. The van der Waals surface area contributed by atoms with Gasteiger partial charge in [-0.2, -0.15) is 0 Å². The number of benzene rings is 1. The number of aromatic nitrogens is 5. The van der Waals surface area contributed by atoms with Gasteiger partial charge in [0.15, 0.2) is 16.3 Å². The molecule has 0 saturated carbocycles. The average Bonchev–Trinajstić information content (AvgIpc) is 3.09. The van der Waals surface area contributed by atoms with Crippen molar-refractivity contribution >= 4 is 39.7 Å². The average molecular weight is 380 g/mol. The molecule has 3 N–H and O–H groups in total. The van der Waals surface area contributed by atoms with Crippen LogP contribution in [0.5, 0.6) is 0 Å². The second-order valence-corrected chi connectivity index (χ2v) is 6.89. The Morgan fingerprint density at radius 1 is 1.22 bits per heavy atom. The Morgan fingerprint density at radius 3 is 2.89 bits per heavy atom. The molecule has 1 amide bonds. The molecule has 8 nitrogen and oxygen atoms in total. The summed E-state index contributed by atoms with van der Waals surface area (Å²) in [5.74, 6) is -0.442. The number of nitrogens with one attached hydrogen (secondary N) is 1. The van der Waals surface area contributed by atoms with Gasteiger partial charge >= 0.3 is 0 Å². The number of hydrogen-bond donors (Lipinski definition) is 2. The van der Waals surface area contributed by atoms with Gasteiger partial charge in [0, 0.05) is 36.0 Å². The summed E-state index contributed by atoms with van der Waals surface area (Å²) in [5, 5.41) is 1.53. The fraction of sp³-hybridized carbons (Fsp3) is 0.167. The molecule has 4 aromatic rings. The Morgan fingerprint density at radius 2 is 2.04 bits per heavy atom. The van der Waals surface area contributed by atoms with Gasteiger partial charge in [0.2, 0.25) is 5.91 Å². The first-order chi connectivity index (χ1) is 13.1. The number of carbonyl (C=O) groups excluding carboxylic acids is 1. The van der Waals surface area contributed by atoms with Crippen LogP contribution >= 0.6 is 11.8 Å². The molecule has 0 bridgehead atoms. The number of para-hydroxylation sites is 1. The predicted octanol–water partition coefficient (Wildman–Crippen LogP) is 1.49. The molecular formula is C18H16N6O2S. The number of nitrogens with two attached hydrogens (primary N) is 1. The molecule has 0 aliphatic heterocycles. The second kappa shape index (κ2) is 7.20. The number of hydrogen-bond acceptors (Lipinski definition) is 6. The van der Waals surface area contributed by atoms with Gasteiger partial charge in [-0.1, -0.05) is 30.0 Å². The number of rotatable bonds is 6. The van der Waals surface area contributed by atoms with E-state index in [1.54, 1.807) is 0 Å². The largest absolute Gasteiger partial charge is 0.369 e. The number of thioether (sulfide) groups is 1. The molecule has 3 aromatic heterocycles. The first-order valence-corrected chi connectivity index (χ1v) is 9.29. The van der Waals surface area contributed by atoms with E-state index in [1.165, 1.54) is 17.0 Å². The third-order valence-electron chi connectivity index (χ3n) is 4.18. The molecule has 0 aliphatic rings. The summed E-state index contributed by atoms with van der Waals surface area (Å²) in [5.41, 5.74) is 7.59. The maximum absolute atomic E-state index is 12.9. The number of H-pyrrole nitrogens is 1. The van der Waals surface area contributed by atoms with Gasteiger partial charge in [0.05, 0.1) is 5.75 Å². The van der Waals surface area contributed by atoms with Crippen LogP contribution in [0.3, 0.4) is 0 Å². The molecule has 0 aliphatic carbocycles. The number of aryl methyl sites for hydroxylation is 1. The van der Waals surface area contributed by atoms with E-state index in [0.29, 0.717) is 18.1 Å². The number of nitrogens with zero attached hydrogens (tertiary/aromatic N) is 4. The monoisotopic (exact) mass is 380 g/mol. The van der Waals surface area contributed by atoms with E-state index in [0.717, 1.165) is 28.2 Å². The predicted molar refractivity (Wildman–Crippen MR) is 104 cm³/mol. The van der Waals surface area contributed by atoms with E-state index in [2.05, 4.69) is 19.9 Å². The van der Waals surface area contributed by atoms with Crippen LogP contribution in [-0.4, -0.2) is 36.2 Å². The van der Waals surface area contributed by atoms with Gasteiger partial charge < -0.3 is 10.7 Å². The molecule has 0 saturated heterocycles. The minimum absolute atomic E-state index is 0.0330. The Kier molecular flexibility index (Phi) is 4.59. The molecule has 3 heterocycles. The third kappa shape index (κ3) is 3.41. The molecule has 0 unspecified atom stereocenters. The van der Waals surface area contributed by atoms with E-state index < -0.39 is 5.91 Å². The lowest BCUT2D eigenvalue weighted by molar-refractivity contribution is -0.115. The Hall–Kier alpha value is -3.20. The SMILES string of the molecule is NC(=O)CSc1nc2nccnc2c(=O)n1CCc1c[nH]c2ccccc12. The second-order valence-electron chi connectivity index (χ2n) is 5.94. The molecular weight excluding hydrogens is 364 g/mol. The standard InChI is InChI=1S/C18H16N6O2S/c19-14(25)10-27-18-23-16-15(20-6-7-21-16)17(26)24(18)8-5-11-9-22-13-4-2-1-3-12(11)13/h1-4,6-7,9,22H,5,8,10H2,(H2,19,25). The van der Waals surface area contributed by atoms with Gasteiger partial charge in [0.25, 0.3) is 5.56 Å². The minimum atomic E-state index is -0.475. The molecule has 1 aromatic carbocycles. The minimum Gasteiger partial charge on any atom is -0.369 e. The van der Waals surface area contributed by atoms with Crippen LogP contribution in [0.2, 0.25) is 0 Å².